The molecular weight excluding hydrogens is 447 g/mol. The van der Waals surface area contributed by atoms with Crippen LogP contribution in [0.2, 0.25) is 10.0 Å². The summed E-state index contributed by atoms with van der Waals surface area (Å²) in [4.78, 5) is 16.5. The van der Waals surface area contributed by atoms with Crippen molar-refractivity contribution in [1.29, 1.82) is 0 Å². The number of hydrogen-bond donors (Lipinski definition) is 2. The third-order valence-corrected chi connectivity index (χ3v) is 5.80. The van der Waals surface area contributed by atoms with Crippen LogP contribution in [-0.4, -0.2) is 27.8 Å². The van der Waals surface area contributed by atoms with Crippen LogP contribution in [0.5, 0.6) is 0 Å². The number of carbonyl (C=O) groups is 1. The summed E-state index contributed by atoms with van der Waals surface area (Å²) in [7, 11) is 0. The number of hydrogen-bond acceptors (Lipinski definition) is 3. The number of carbonyl (C=O) groups excluding carboxylic acids is 1. The number of alkyl halides is 4. The summed E-state index contributed by atoms with van der Waals surface area (Å²) < 4.78 is 53.0. The van der Waals surface area contributed by atoms with Gasteiger partial charge in [0, 0.05) is 11.2 Å². The lowest BCUT2D eigenvalue weighted by Gasteiger charge is -2.40. The lowest BCUT2D eigenvalue weighted by molar-refractivity contribution is -0.137. The van der Waals surface area contributed by atoms with Gasteiger partial charge in [0.05, 0.1) is 22.2 Å². The molecule has 1 unspecified atom stereocenters. The number of nitrogens with one attached hydrogen (secondary N) is 1. The van der Waals surface area contributed by atoms with Crippen molar-refractivity contribution in [1.82, 2.24) is 10.3 Å². The van der Waals surface area contributed by atoms with Gasteiger partial charge in [0.2, 0.25) is 0 Å². The Morgan fingerprint density at radius 2 is 1.90 bits per heavy atom. The fourth-order valence-electron chi connectivity index (χ4n) is 3.61. The van der Waals surface area contributed by atoms with E-state index in [4.69, 9.17) is 23.2 Å². The SMILES string of the molecule is O=C(NC(c1cccc(Cl)c1)C1(O)CCC(F)CC1)c1nccc(C(F)(F)F)c1Cl. The van der Waals surface area contributed by atoms with E-state index in [-0.39, 0.29) is 25.7 Å². The molecule has 10 heteroatoms. The zero-order valence-corrected chi connectivity index (χ0v) is 17.0. The first-order valence-corrected chi connectivity index (χ1v) is 9.91. The molecule has 1 aliphatic rings. The molecule has 1 atom stereocenters. The molecule has 1 aromatic carbocycles. The van der Waals surface area contributed by atoms with Crippen molar-refractivity contribution in [3.8, 4) is 0 Å². The van der Waals surface area contributed by atoms with Crippen LogP contribution in [0.25, 0.3) is 0 Å². The highest BCUT2D eigenvalue weighted by molar-refractivity contribution is 6.34. The lowest BCUT2D eigenvalue weighted by atomic mass is 9.76. The molecule has 1 aromatic heterocycles. The Bertz CT molecular complexity index is 931. The summed E-state index contributed by atoms with van der Waals surface area (Å²) in [5, 5.41) is 13.2. The van der Waals surface area contributed by atoms with Crippen molar-refractivity contribution in [3.63, 3.8) is 0 Å². The molecule has 1 amide bonds. The number of nitrogens with zero attached hydrogens (tertiary/aromatic N) is 1. The van der Waals surface area contributed by atoms with Crippen LogP contribution in [0.1, 0.15) is 53.3 Å². The van der Waals surface area contributed by atoms with Gasteiger partial charge in [-0.15, -0.1) is 0 Å². The van der Waals surface area contributed by atoms with E-state index in [1.807, 2.05) is 0 Å². The summed E-state index contributed by atoms with van der Waals surface area (Å²) in [6.07, 6.45) is -4.72. The smallest absolute Gasteiger partial charge is 0.387 e. The van der Waals surface area contributed by atoms with Crippen molar-refractivity contribution >= 4 is 29.1 Å². The maximum Gasteiger partial charge on any atom is 0.417 e. The van der Waals surface area contributed by atoms with Crippen molar-refractivity contribution in [2.24, 2.45) is 0 Å². The summed E-state index contributed by atoms with van der Waals surface area (Å²) in [5.41, 5.74) is -2.91. The third-order valence-electron chi connectivity index (χ3n) is 5.19. The third kappa shape index (κ3) is 4.87. The number of amides is 1. The Morgan fingerprint density at radius 3 is 2.50 bits per heavy atom. The number of rotatable bonds is 4. The van der Waals surface area contributed by atoms with Gasteiger partial charge >= 0.3 is 6.18 Å². The number of benzene rings is 1. The second kappa shape index (κ2) is 8.69. The van der Waals surface area contributed by atoms with Gasteiger partial charge in [-0.3, -0.25) is 4.79 Å². The standard InChI is InChI=1S/C20H18Cl2F4N2O2/c21-12-3-1-2-11(10-12)17(19(30)7-4-13(23)5-8-19)28-18(29)16-15(22)14(6-9-27-16)20(24,25)26/h1-3,6,9-10,13,17,30H,4-5,7-8H2,(H,28,29). The van der Waals surface area contributed by atoms with Gasteiger partial charge in [-0.2, -0.15) is 13.2 Å². The van der Waals surface area contributed by atoms with Crippen LogP contribution in [0.15, 0.2) is 36.5 Å². The van der Waals surface area contributed by atoms with Gasteiger partial charge in [0.25, 0.3) is 5.91 Å². The molecule has 30 heavy (non-hydrogen) atoms. The Hall–Kier alpha value is -1.90. The molecule has 4 nitrogen and oxygen atoms in total. The monoisotopic (exact) mass is 464 g/mol. The highest BCUT2D eigenvalue weighted by Gasteiger charge is 2.43. The number of halogens is 6. The van der Waals surface area contributed by atoms with E-state index in [1.54, 1.807) is 18.2 Å². The number of pyridine rings is 1. The second-order valence-corrected chi connectivity index (χ2v) is 8.07. The Labute approximate surface area is 180 Å². The molecule has 0 saturated heterocycles. The summed E-state index contributed by atoms with van der Waals surface area (Å²) >= 11 is 11.8. The minimum atomic E-state index is -4.76. The molecule has 1 heterocycles. The molecule has 1 fully saturated rings. The van der Waals surface area contributed by atoms with Crippen molar-refractivity contribution < 1.29 is 27.5 Å². The fraction of sp³-hybridized carbons (Fsp3) is 0.400. The van der Waals surface area contributed by atoms with E-state index in [1.165, 1.54) is 6.07 Å². The van der Waals surface area contributed by atoms with Crippen LogP contribution in [0.3, 0.4) is 0 Å². The maximum absolute atomic E-state index is 13.6. The van der Waals surface area contributed by atoms with Crippen LogP contribution >= 0.6 is 23.2 Å². The molecule has 0 spiro atoms. The summed E-state index contributed by atoms with van der Waals surface area (Å²) in [6, 6.07) is 5.95. The normalized spacial score (nSPS) is 23.1. The van der Waals surface area contributed by atoms with E-state index >= 15 is 0 Å². The number of aromatic nitrogens is 1. The molecule has 1 saturated carbocycles. The Kier molecular flexibility index (Phi) is 6.60. The van der Waals surface area contributed by atoms with Crippen LogP contribution < -0.4 is 5.32 Å². The minimum Gasteiger partial charge on any atom is -0.387 e. The van der Waals surface area contributed by atoms with Crippen LogP contribution in [0, 0.1) is 0 Å². The van der Waals surface area contributed by atoms with Gasteiger partial charge in [-0.25, -0.2) is 9.37 Å². The lowest BCUT2D eigenvalue weighted by Crippen LogP contribution is -2.48. The quantitative estimate of drug-likeness (QED) is 0.585. The van der Waals surface area contributed by atoms with Crippen molar-refractivity contribution in [2.75, 3.05) is 0 Å². The van der Waals surface area contributed by atoms with Crippen LogP contribution in [-0.2, 0) is 6.18 Å². The minimum absolute atomic E-state index is 0.0510. The predicted molar refractivity (Wildman–Crippen MR) is 104 cm³/mol. The fourth-order valence-corrected chi connectivity index (χ4v) is 4.11. The molecule has 1 aliphatic carbocycles. The molecule has 2 aromatic rings. The Balaban J connectivity index is 1.97. The highest BCUT2D eigenvalue weighted by Crippen LogP contribution is 2.41. The predicted octanol–water partition coefficient (Wildman–Crippen LogP) is 5.52. The highest BCUT2D eigenvalue weighted by atomic mass is 35.5. The van der Waals surface area contributed by atoms with E-state index in [0.717, 1.165) is 6.20 Å². The zero-order chi connectivity index (χ0) is 22.1. The first-order valence-electron chi connectivity index (χ1n) is 9.16. The van der Waals surface area contributed by atoms with Crippen molar-refractivity contribution in [2.45, 2.75) is 49.7 Å². The van der Waals surface area contributed by atoms with E-state index in [0.29, 0.717) is 16.7 Å². The van der Waals surface area contributed by atoms with Gasteiger partial charge in [-0.1, -0.05) is 35.3 Å². The van der Waals surface area contributed by atoms with Gasteiger partial charge in [-0.05, 0) is 49.4 Å². The molecule has 0 aliphatic heterocycles. The van der Waals surface area contributed by atoms with E-state index in [2.05, 4.69) is 10.3 Å². The molecule has 162 valence electrons. The topological polar surface area (TPSA) is 62.2 Å². The summed E-state index contributed by atoms with van der Waals surface area (Å²) in [6.45, 7) is 0. The first-order chi connectivity index (χ1) is 14.0. The Morgan fingerprint density at radius 1 is 1.23 bits per heavy atom. The number of aliphatic hydroxyl groups is 1. The maximum atomic E-state index is 13.6. The van der Waals surface area contributed by atoms with Gasteiger partial charge in [0.1, 0.15) is 11.9 Å². The second-order valence-electron chi connectivity index (χ2n) is 7.26. The van der Waals surface area contributed by atoms with Gasteiger partial charge in [0.15, 0.2) is 0 Å². The average Bonchev–Trinajstić information content (AvgIpc) is 2.67. The first kappa shape index (κ1) is 22.8. The molecular formula is C20H18Cl2F4N2O2. The molecule has 2 N–H and O–H groups in total. The van der Waals surface area contributed by atoms with Crippen molar-refractivity contribution in [3.05, 3.63) is 63.4 Å². The van der Waals surface area contributed by atoms with E-state index in [9.17, 15) is 27.5 Å². The zero-order valence-electron chi connectivity index (χ0n) is 15.5. The molecule has 3 rings (SSSR count). The average molecular weight is 465 g/mol. The van der Waals surface area contributed by atoms with E-state index < -0.39 is 46.2 Å². The van der Waals surface area contributed by atoms with Gasteiger partial charge < -0.3 is 10.4 Å². The summed E-state index contributed by atoms with van der Waals surface area (Å²) in [5.74, 6) is -0.994. The largest absolute Gasteiger partial charge is 0.417 e. The molecule has 0 bridgehead atoms. The van der Waals surface area contributed by atoms with Crippen LogP contribution in [0.4, 0.5) is 17.6 Å². The molecule has 0 radical (unpaired) electrons.